The van der Waals surface area contributed by atoms with Crippen LogP contribution in [0.1, 0.15) is 18.5 Å². The second-order valence-electron chi connectivity index (χ2n) is 4.65. The van der Waals surface area contributed by atoms with E-state index in [2.05, 4.69) is 59.2 Å². The van der Waals surface area contributed by atoms with Gasteiger partial charge in [0.15, 0.2) is 0 Å². The van der Waals surface area contributed by atoms with Crippen LogP contribution in [-0.4, -0.2) is 42.6 Å². The van der Waals surface area contributed by atoms with Crippen molar-refractivity contribution in [1.29, 1.82) is 0 Å². The monoisotopic (exact) mass is 250 g/mol. The summed E-state index contributed by atoms with van der Waals surface area (Å²) in [5.74, 6) is 2.52. The summed E-state index contributed by atoms with van der Waals surface area (Å²) in [6.45, 7) is 4.57. The van der Waals surface area contributed by atoms with Crippen molar-refractivity contribution in [2.45, 2.75) is 19.0 Å². The van der Waals surface area contributed by atoms with E-state index in [9.17, 15) is 0 Å². The summed E-state index contributed by atoms with van der Waals surface area (Å²) in [4.78, 5) is 2.64. The predicted molar refractivity (Wildman–Crippen MR) is 76.6 cm³/mol. The van der Waals surface area contributed by atoms with E-state index in [4.69, 9.17) is 0 Å². The van der Waals surface area contributed by atoms with Crippen LogP contribution in [0.2, 0.25) is 0 Å². The first-order chi connectivity index (χ1) is 8.33. The molecule has 0 saturated carbocycles. The molecule has 0 radical (unpaired) electrons. The van der Waals surface area contributed by atoms with Crippen LogP contribution in [0.15, 0.2) is 30.3 Å². The van der Waals surface area contributed by atoms with Gasteiger partial charge in [0.05, 0.1) is 0 Å². The maximum atomic E-state index is 3.34. The zero-order valence-corrected chi connectivity index (χ0v) is 11.5. The molecule has 0 aliphatic carbocycles. The molecule has 1 aromatic carbocycles. The summed E-state index contributed by atoms with van der Waals surface area (Å²) < 4.78 is 0. The summed E-state index contributed by atoms with van der Waals surface area (Å²) in [6, 6.07) is 12.1. The fraction of sp³-hybridized carbons (Fsp3) is 0.571. The van der Waals surface area contributed by atoms with Gasteiger partial charge in [-0.1, -0.05) is 30.3 Å². The topological polar surface area (TPSA) is 15.3 Å². The lowest BCUT2D eigenvalue weighted by Gasteiger charge is -2.39. The fourth-order valence-electron chi connectivity index (χ4n) is 2.50. The van der Waals surface area contributed by atoms with Gasteiger partial charge in [0.1, 0.15) is 0 Å². The van der Waals surface area contributed by atoms with Gasteiger partial charge in [-0.05, 0) is 19.5 Å². The highest BCUT2D eigenvalue weighted by Crippen LogP contribution is 2.27. The molecule has 1 fully saturated rings. The zero-order chi connectivity index (χ0) is 12.1. The summed E-state index contributed by atoms with van der Waals surface area (Å²) in [5, 5.41) is 3.34. The number of nitrogens with one attached hydrogen (secondary N) is 1. The minimum atomic E-state index is 0.511. The highest BCUT2D eigenvalue weighted by atomic mass is 32.2. The molecule has 94 valence electrons. The van der Waals surface area contributed by atoms with Gasteiger partial charge in [0, 0.05) is 36.7 Å². The highest BCUT2D eigenvalue weighted by Gasteiger charge is 2.26. The summed E-state index contributed by atoms with van der Waals surface area (Å²) in [6.07, 6.45) is 0. The van der Waals surface area contributed by atoms with Crippen molar-refractivity contribution in [3.63, 3.8) is 0 Å². The Morgan fingerprint density at radius 2 is 2.18 bits per heavy atom. The van der Waals surface area contributed by atoms with E-state index in [0.29, 0.717) is 12.1 Å². The Hall–Kier alpha value is -0.510. The van der Waals surface area contributed by atoms with Gasteiger partial charge in [-0.15, -0.1) is 0 Å². The molecular weight excluding hydrogens is 228 g/mol. The lowest BCUT2D eigenvalue weighted by atomic mass is 10.0. The normalized spacial score (nSPS) is 23.5. The Balaban J connectivity index is 2.16. The lowest BCUT2D eigenvalue weighted by molar-refractivity contribution is 0.160. The summed E-state index contributed by atoms with van der Waals surface area (Å²) >= 11 is 2.08. The van der Waals surface area contributed by atoms with Crippen molar-refractivity contribution >= 4 is 11.8 Å². The van der Waals surface area contributed by atoms with E-state index in [-0.39, 0.29) is 0 Å². The molecule has 1 heterocycles. The van der Waals surface area contributed by atoms with Crippen LogP contribution in [0.3, 0.4) is 0 Å². The van der Waals surface area contributed by atoms with Crippen LogP contribution < -0.4 is 5.32 Å². The molecule has 2 nitrogen and oxygen atoms in total. The number of likely N-dealkylation sites (N-methyl/N-ethyl adjacent to an activating group) is 1. The Labute approximate surface area is 109 Å². The molecular formula is C14H22N2S. The third-order valence-electron chi connectivity index (χ3n) is 3.40. The minimum absolute atomic E-state index is 0.511. The molecule has 1 saturated heterocycles. The predicted octanol–water partition coefficient (Wildman–Crippen LogP) is 2.38. The van der Waals surface area contributed by atoms with E-state index in [0.717, 1.165) is 6.54 Å². The number of hydrogen-bond donors (Lipinski definition) is 1. The zero-order valence-electron chi connectivity index (χ0n) is 10.7. The van der Waals surface area contributed by atoms with Gasteiger partial charge < -0.3 is 5.32 Å². The van der Waals surface area contributed by atoms with Crippen molar-refractivity contribution in [3.8, 4) is 0 Å². The van der Waals surface area contributed by atoms with E-state index < -0.39 is 0 Å². The maximum absolute atomic E-state index is 3.34. The molecule has 1 aromatic rings. The Bertz CT molecular complexity index is 328. The third-order valence-corrected chi connectivity index (χ3v) is 4.59. The molecule has 0 bridgehead atoms. The summed E-state index contributed by atoms with van der Waals surface area (Å²) in [5.41, 5.74) is 1.43. The van der Waals surface area contributed by atoms with Crippen LogP contribution in [0.5, 0.6) is 0 Å². The van der Waals surface area contributed by atoms with Crippen LogP contribution in [0.4, 0.5) is 0 Å². The van der Waals surface area contributed by atoms with E-state index in [1.165, 1.54) is 23.6 Å². The second kappa shape index (κ2) is 6.43. The van der Waals surface area contributed by atoms with Gasteiger partial charge in [0.25, 0.3) is 0 Å². The quantitative estimate of drug-likeness (QED) is 0.883. The second-order valence-corrected chi connectivity index (χ2v) is 5.80. The average molecular weight is 250 g/mol. The van der Waals surface area contributed by atoms with Crippen molar-refractivity contribution < 1.29 is 0 Å². The molecule has 0 amide bonds. The van der Waals surface area contributed by atoms with Gasteiger partial charge in [0.2, 0.25) is 0 Å². The number of thioether (sulfide) groups is 1. The number of nitrogens with zero attached hydrogens (tertiary/aromatic N) is 1. The first kappa shape index (κ1) is 12.9. The van der Waals surface area contributed by atoms with Crippen LogP contribution in [0, 0.1) is 0 Å². The smallest absolute Gasteiger partial charge is 0.0476 e. The number of rotatable bonds is 4. The van der Waals surface area contributed by atoms with Gasteiger partial charge in [-0.25, -0.2) is 0 Å². The maximum Gasteiger partial charge on any atom is 0.0476 e. The van der Waals surface area contributed by atoms with E-state index in [1.807, 2.05) is 7.05 Å². The van der Waals surface area contributed by atoms with Crippen molar-refractivity contribution in [3.05, 3.63) is 35.9 Å². The Morgan fingerprint density at radius 1 is 1.41 bits per heavy atom. The van der Waals surface area contributed by atoms with Crippen LogP contribution >= 0.6 is 11.8 Å². The van der Waals surface area contributed by atoms with E-state index in [1.54, 1.807) is 0 Å². The molecule has 2 unspecified atom stereocenters. The van der Waals surface area contributed by atoms with Crippen LogP contribution in [-0.2, 0) is 0 Å². The van der Waals surface area contributed by atoms with Crippen molar-refractivity contribution in [2.75, 3.05) is 31.6 Å². The Kier molecular flexibility index (Phi) is 4.89. The van der Waals surface area contributed by atoms with Gasteiger partial charge >= 0.3 is 0 Å². The van der Waals surface area contributed by atoms with Crippen LogP contribution in [0.25, 0.3) is 0 Å². The molecule has 1 aliphatic heterocycles. The first-order valence-corrected chi connectivity index (χ1v) is 7.51. The molecule has 1 aliphatic rings. The molecule has 3 heteroatoms. The molecule has 0 spiro atoms. The SMILES string of the molecule is CNCC(c1ccccc1)N1CCSCC1C. The molecule has 2 atom stereocenters. The number of benzene rings is 1. The van der Waals surface area contributed by atoms with Gasteiger partial charge in [-0.3, -0.25) is 4.90 Å². The third kappa shape index (κ3) is 3.24. The van der Waals surface area contributed by atoms with E-state index >= 15 is 0 Å². The standard InChI is InChI=1S/C14H22N2S/c1-12-11-17-9-8-16(12)14(10-15-2)13-6-4-3-5-7-13/h3-7,12,14-15H,8-11H2,1-2H3. The summed E-state index contributed by atoms with van der Waals surface area (Å²) in [7, 11) is 2.04. The lowest BCUT2D eigenvalue weighted by Crippen LogP contribution is -2.45. The van der Waals surface area contributed by atoms with Gasteiger partial charge in [-0.2, -0.15) is 11.8 Å². The molecule has 0 aromatic heterocycles. The molecule has 2 rings (SSSR count). The largest absolute Gasteiger partial charge is 0.318 e. The van der Waals surface area contributed by atoms with Crippen molar-refractivity contribution in [1.82, 2.24) is 10.2 Å². The minimum Gasteiger partial charge on any atom is -0.318 e. The first-order valence-electron chi connectivity index (χ1n) is 6.36. The fourth-order valence-corrected chi connectivity index (χ4v) is 3.54. The van der Waals surface area contributed by atoms with Crippen molar-refractivity contribution in [2.24, 2.45) is 0 Å². The Morgan fingerprint density at radius 3 is 2.82 bits per heavy atom. The highest BCUT2D eigenvalue weighted by molar-refractivity contribution is 7.99. The average Bonchev–Trinajstić information content (AvgIpc) is 2.38. The molecule has 1 N–H and O–H groups in total. The molecule has 17 heavy (non-hydrogen) atoms. The number of hydrogen-bond acceptors (Lipinski definition) is 3.